The van der Waals surface area contributed by atoms with E-state index in [1.54, 1.807) is 7.11 Å². The van der Waals surface area contributed by atoms with Gasteiger partial charge in [-0.15, -0.1) is 0 Å². The number of rotatable bonds is 7. The Morgan fingerprint density at radius 3 is 2.64 bits per heavy atom. The fourth-order valence-corrected chi connectivity index (χ4v) is 3.01. The zero-order chi connectivity index (χ0) is 15.9. The molecule has 0 bridgehead atoms. The van der Waals surface area contributed by atoms with Gasteiger partial charge >= 0.3 is 0 Å². The number of carbonyl (C=O) groups excluding carboxylic acids is 1. The predicted octanol–water partition coefficient (Wildman–Crippen LogP) is 1.25. The molecule has 1 aliphatic heterocycles. The van der Waals surface area contributed by atoms with Gasteiger partial charge in [-0.2, -0.15) is 0 Å². The summed E-state index contributed by atoms with van der Waals surface area (Å²) < 4.78 is 5.26. The van der Waals surface area contributed by atoms with Gasteiger partial charge in [0.15, 0.2) is 0 Å². The molecule has 4 atom stereocenters. The lowest BCUT2D eigenvalue weighted by molar-refractivity contribution is -0.124. The molecule has 1 aromatic rings. The summed E-state index contributed by atoms with van der Waals surface area (Å²) in [6.07, 6.45) is 1.77. The molecule has 0 aliphatic carbocycles. The van der Waals surface area contributed by atoms with Crippen molar-refractivity contribution in [1.82, 2.24) is 16.2 Å². The first-order valence-electron chi connectivity index (χ1n) is 8.00. The summed E-state index contributed by atoms with van der Waals surface area (Å²) in [7, 11) is 1.66. The Morgan fingerprint density at radius 2 is 2.05 bits per heavy atom. The number of hydrogen-bond acceptors (Lipinski definition) is 4. The third-order valence-corrected chi connectivity index (χ3v) is 4.35. The summed E-state index contributed by atoms with van der Waals surface area (Å²) in [6.45, 7) is 4.74. The Morgan fingerprint density at radius 1 is 1.32 bits per heavy atom. The maximum absolute atomic E-state index is 12.5. The summed E-state index contributed by atoms with van der Waals surface area (Å²) in [5.74, 6) is 0.304. The van der Waals surface area contributed by atoms with Crippen LogP contribution in [0.25, 0.3) is 0 Å². The highest BCUT2D eigenvalue weighted by atomic mass is 16.5. The Bertz CT molecular complexity index is 466. The monoisotopic (exact) mass is 305 g/mol. The number of hydrazine groups is 1. The number of hydrogen-bond donors (Lipinski definition) is 3. The molecule has 1 amide bonds. The second-order valence-electron chi connectivity index (χ2n) is 5.99. The van der Waals surface area contributed by atoms with Gasteiger partial charge in [0, 0.05) is 13.2 Å². The quantitative estimate of drug-likeness (QED) is 0.709. The van der Waals surface area contributed by atoms with Crippen LogP contribution in [0.5, 0.6) is 0 Å². The molecule has 0 spiro atoms. The van der Waals surface area contributed by atoms with Crippen molar-refractivity contribution in [3.05, 3.63) is 35.9 Å². The van der Waals surface area contributed by atoms with Gasteiger partial charge < -0.3 is 10.1 Å². The summed E-state index contributed by atoms with van der Waals surface area (Å²) in [5.41, 5.74) is 7.51. The van der Waals surface area contributed by atoms with Gasteiger partial charge in [-0.3, -0.25) is 10.2 Å². The van der Waals surface area contributed by atoms with Gasteiger partial charge in [0.05, 0.1) is 12.6 Å². The lowest BCUT2D eigenvalue weighted by atomic mass is 9.94. The standard InChI is InChI=1S/C17H27N3O2/c1-4-15-12(2)16(20-19-15)17(21)18-14(11-22-3)10-13-8-6-5-7-9-13/h5-9,12,14-16,19-20H,4,10-11H2,1-3H3,(H,18,21)/t12?,14-,15?,16?/m0/s1. The van der Waals surface area contributed by atoms with Crippen LogP contribution in [0.1, 0.15) is 25.8 Å². The molecule has 3 N–H and O–H groups in total. The molecule has 1 aromatic carbocycles. The van der Waals surface area contributed by atoms with Gasteiger partial charge in [-0.1, -0.05) is 44.2 Å². The van der Waals surface area contributed by atoms with Crippen LogP contribution in [-0.2, 0) is 16.0 Å². The van der Waals surface area contributed by atoms with Crippen molar-refractivity contribution in [2.45, 2.75) is 44.8 Å². The van der Waals surface area contributed by atoms with Crippen molar-refractivity contribution in [1.29, 1.82) is 0 Å². The van der Waals surface area contributed by atoms with Gasteiger partial charge in [0.25, 0.3) is 0 Å². The van der Waals surface area contributed by atoms with E-state index in [4.69, 9.17) is 4.74 Å². The number of nitrogens with one attached hydrogen (secondary N) is 3. The minimum Gasteiger partial charge on any atom is -0.383 e. The zero-order valence-electron chi connectivity index (χ0n) is 13.6. The molecule has 22 heavy (non-hydrogen) atoms. The summed E-state index contributed by atoms with van der Waals surface area (Å²) in [6, 6.07) is 10.3. The second-order valence-corrected chi connectivity index (χ2v) is 5.99. The Labute approximate surface area is 132 Å². The van der Waals surface area contributed by atoms with E-state index in [1.165, 1.54) is 5.56 Å². The smallest absolute Gasteiger partial charge is 0.239 e. The maximum Gasteiger partial charge on any atom is 0.239 e. The van der Waals surface area contributed by atoms with E-state index in [1.807, 2.05) is 18.2 Å². The van der Waals surface area contributed by atoms with E-state index in [-0.39, 0.29) is 23.9 Å². The van der Waals surface area contributed by atoms with Crippen LogP contribution >= 0.6 is 0 Å². The van der Waals surface area contributed by atoms with Gasteiger partial charge in [-0.25, -0.2) is 5.43 Å². The number of benzene rings is 1. The number of amides is 1. The van der Waals surface area contributed by atoms with Crippen LogP contribution in [0.15, 0.2) is 30.3 Å². The van der Waals surface area contributed by atoms with E-state index < -0.39 is 0 Å². The molecule has 1 aliphatic rings. The average Bonchev–Trinajstić information content (AvgIpc) is 2.89. The van der Waals surface area contributed by atoms with Crippen LogP contribution < -0.4 is 16.2 Å². The highest BCUT2D eigenvalue weighted by molar-refractivity contribution is 5.82. The van der Waals surface area contributed by atoms with E-state index in [9.17, 15) is 4.79 Å². The molecule has 0 aromatic heterocycles. The fourth-order valence-electron chi connectivity index (χ4n) is 3.01. The minimum atomic E-state index is -0.194. The molecule has 2 rings (SSSR count). The molecule has 0 saturated carbocycles. The molecule has 5 heteroatoms. The first-order valence-corrected chi connectivity index (χ1v) is 8.00. The van der Waals surface area contributed by atoms with Crippen LogP contribution in [0, 0.1) is 5.92 Å². The first kappa shape index (κ1) is 16.9. The zero-order valence-corrected chi connectivity index (χ0v) is 13.6. The minimum absolute atomic E-state index is 0.0189. The lowest BCUT2D eigenvalue weighted by Gasteiger charge is -2.22. The number of methoxy groups -OCH3 is 1. The molecule has 3 unspecified atom stereocenters. The average molecular weight is 305 g/mol. The van der Waals surface area contributed by atoms with Crippen LogP contribution in [0.3, 0.4) is 0 Å². The molecule has 122 valence electrons. The van der Waals surface area contributed by atoms with Crippen LogP contribution in [-0.4, -0.2) is 37.7 Å². The van der Waals surface area contributed by atoms with Crippen molar-refractivity contribution in [2.24, 2.45) is 5.92 Å². The third-order valence-electron chi connectivity index (χ3n) is 4.35. The fraction of sp³-hybridized carbons (Fsp3) is 0.588. The highest BCUT2D eigenvalue weighted by Crippen LogP contribution is 2.17. The van der Waals surface area contributed by atoms with Crippen LogP contribution in [0.2, 0.25) is 0 Å². The summed E-state index contributed by atoms with van der Waals surface area (Å²) in [5, 5.41) is 3.12. The van der Waals surface area contributed by atoms with Crippen LogP contribution in [0.4, 0.5) is 0 Å². The molecule has 1 saturated heterocycles. The number of ether oxygens (including phenoxy) is 1. The molecular formula is C17H27N3O2. The van der Waals surface area contributed by atoms with Gasteiger partial charge in [0.1, 0.15) is 6.04 Å². The highest BCUT2D eigenvalue weighted by Gasteiger charge is 2.36. The molecule has 1 fully saturated rings. The maximum atomic E-state index is 12.5. The SMILES string of the molecule is CCC1NNC(C(=O)N[C@H](COC)Cc2ccccc2)C1C. The van der Waals surface area contributed by atoms with Crippen molar-refractivity contribution >= 4 is 5.91 Å². The van der Waals surface area contributed by atoms with E-state index in [0.29, 0.717) is 12.6 Å². The predicted molar refractivity (Wildman–Crippen MR) is 87.3 cm³/mol. The normalized spacial score (nSPS) is 25.9. The van der Waals surface area contributed by atoms with Gasteiger partial charge in [0.2, 0.25) is 5.91 Å². The summed E-state index contributed by atoms with van der Waals surface area (Å²) in [4.78, 5) is 12.5. The summed E-state index contributed by atoms with van der Waals surface area (Å²) >= 11 is 0. The second kappa shape index (κ2) is 8.27. The van der Waals surface area contributed by atoms with Gasteiger partial charge in [-0.05, 0) is 24.3 Å². The Hall–Kier alpha value is -1.43. The largest absolute Gasteiger partial charge is 0.383 e. The van der Waals surface area contributed by atoms with E-state index in [0.717, 1.165) is 12.8 Å². The van der Waals surface area contributed by atoms with Crippen molar-refractivity contribution in [3.8, 4) is 0 Å². The third kappa shape index (κ3) is 4.29. The van der Waals surface area contributed by atoms with E-state index >= 15 is 0 Å². The van der Waals surface area contributed by atoms with Crippen molar-refractivity contribution in [3.63, 3.8) is 0 Å². The Kier molecular flexibility index (Phi) is 6.36. The molecule has 1 heterocycles. The number of carbonyl (C=O) groups is 1. The van der Waals surface area contributed by atoms with Crippen molar-refractivity contribution < 1.29 is 9.53 Å². The first-order chi connectivity index (χ1) is 10.7. The molecular weight excluding hydrogens is 278 g/mol. The molecule has 0 radical (unpaired) electrons. The van der Waals surface area contributed by atoms with E-state index in [2.05, 4.69) is 42.1 Å². The molecule has 5 nitrogen and oxygen atoms in total. The lowest BCUT2D eigenvalue weighted by Crippen LogP contribution is -2.50. The topological polar surface area (TPSA) is 62.4 Å². The van der Waals surface area contributed by atoms with Crippen molar-refractivity contribution in [2.75, 3.05) is 13.7 Å². The Balaban J connectivity index is 1.94.